The van der Waals surface area contributed by atoms with Crippen LogP contribution < -0.4 is 4.74 Å². The molecule has 0 aliphatic carbocycles. The second kappa shape index (κ2) is 7.68. The third-order valence-electron chi connectivity index (χ3n) is 4.23. The largest absolute Gasteiger partial charge is 0.497 e. The van der Waals surface area contributed by atoms with Crippen molar-refractivity contribution >= 4 is 0 Å². The maximum atomic E-state index is 9.17. The summed E-state index contributed by atoms with van der Waals surface area (Å²) in [5, 5.41) is 13.9. The Kier molecular flexibility index (Phi) is 4.76. The van der Waals surface area contributed by atoms with Gasteiger partial charge in [-0.1, -0.05) is 12.1 Å². The summed E-state index contributed by atoms with van der Waals surface area (Å²) in [7, 11) is 1.64. The van der Waals surface area contributed by atoms with Gasteiger partial charge in [0.25, 0.3) is 0 Å². The van der Waals surface area contributed by atoms with E-state index in [4.69, 9.17) is 14.8 Å². The quantitative estimate of drug-likeness (QED) is 0.537. The van der Waals surface area contributed by atoms with Crippen molar-refractivity contribution in [1.29, 1.82) is 5.26 Å². The normalized spacial score (nSPS) is 10.4. The summed E-state index contributed by atoms with van der Waals surface area (Å²) >= 11 is 0. The Morgan fingerprint density at radius 2 is 1.75 bits per heavy atom. The van der Waals surface area contributed by atoms with E-state index in [2.05, 4.69) is 16.0 Å². The number of nitriles is 1. The topological polar surface area (TPSA) is 89.5 Å². The third-order valence-corrected chi connectivity index (χ3v) is 4.23. The van der Waals surface area contributed by atoms with E-state index in [1.807, 2.05) is 47.1 Å². The monoisotopic (exact) mass is 368 g/mol. The van der Waals surface area contributed by atoms with E-state index in [9.17, 15) is 5.26 Å². The van der Waals surface area contributed by atoms with Gasteiger partial charge in [-0.3, -0.25) is 4.98 Å². The van der Waals surface area contributed by atoms with Gasteiger partial charge in [-0.25, -0.2) is 14.6 Å². The highest BCUT2D eigenvalue weighted by Crippen LogP contribution is 2.23. The molecule has 0 radical (unpaired) electrons. The summed E-state index contributed by atoms with van der Waals surface area (Å²) in [6.07, 6.45) is 5.02. The van der Waals surface area contributed by atoms with Gasteiger partial charge in [-0.05, 0) is 42.0 Å². The summed E-state index contributed by atoms with van der Waals surface area (Å²) in [6, 6.07) is 17.1. The van der Waals surface area contributed by atoms with Crippen LogP contribution in [0.1, 0.15) is 11.3 Å². The van der Waals surface area contributed by atoms with Crippen LogP contribution in [0.5, 0.6) is 5.75 Å². The zero-order valence-corrected chi connectivity index (χ0v) is 15.1. The van der Waals surface area contributed by atoms with Gasteiger partial charge in [-0.2, -0.15) is 10.4 Å². The fourth-order valence-corrected chi connectivity index (χ4v) is 2.82. The second-order valence-electron chi connectivity index (χ2n) is 6.04. The Hall–Kier alpha value is -4.05. The van der Waals surface area contributed by atoms with Gasteiger partial charge >= 0.3 is 0 Å². The van der Waals surface area contributed by atoms with Crippen molar-refractivity contribution in [3.05, 3.63) is 78.4 Å². The number of benzene rings is 1. The van der Waals surface area contributed by atoms with Crippen molar-refractivity contribution in [2.45, 2.75) is 6.54 Å². The minimum absolute atomic E-state index is 0.335. The van der Waals surface area contributed by atoms with Crippen molar-refractivity contribution < 1.29 is 4.74 Å². The molecule has 0 amide bonds. The molecule has 0 aliphatic rings. The lowest BCUT2D eigenvalue weighted by Gasteiger charge is -2.07. The maximum absolute atomic E-state index is 9.17. The van der Waals surface area contributed by atoms with Gasteiger partial charge in [0.2, 0.25) is 0 Å². The lowest BCUT2D eigenvalue weighted by Crippen LogP contribution is -2.04. The average Bonchev–Trinajstić information content (AvgIpc) is 3.19. The van der Waals surface area contributed by atoms with Crippen molar-refractivity contribution in [2.75, 3.05) is 7.11 Å². The highest BCUT2D eigenvalue weighted by Gasteiger charge is 2.15. The number of nitrogens with zero attached hydrogens (tertiary/aromatic N) is 6. The van der Waals surface area contributed by atoms with E-state index < -0.39 is 0 Å². The molecule has 0 fully saturated rings. The first kappa shape index (κ1) is 17.4. The molecule has 0 N–H and O–H groups in total. The molecule has 0 atom stereocenters. The Labute approximate surface area is 161 Å². The SMILES string of the molecule is COc1ccc(Cn2nc(-c3ccncc3)nc2-c2ccnc(C#N)c2)cc1. The number of ether oxygens (including phenoxy) is 1. The van der Waals surface area contributed by atoms with Gasteiger partial charge < -0.3 is 4.74 Å². The summed E-state index contributed by atoms with van der Waals surface area (Å²) in [4.78, 5) is 12.8. The molecule has 0 unspecified atom stereocenters. The van der Waals surface area contributed by atoms with Crippen LogP contribution in [0.2, 0.25) is 0 Å². The molecular formula is C21H16N6O. The standard InChI is InChI=1S/C21H16N6O/c1-28-19-4-2-15(3-5-19)14-27-21(17-8-11-24-18(12-17)13-22)25-20(26-27)16-6-9-23-10-7-16/h2-12H,14H2,1H3. The van der Waals surface area contributed by atoms with Gasteiger partial charge in [0.15, 0.2) is 11.6 Å². The molecule has 28 heavy (non-hydrogen) atoms. The van der Waals surface area contributed by atoms with Crippen LogP contribution in [-0.2, 0) is 6.54 Å². The number of methoxy groups -OCH3 is 1. The smallest absolute Gasteiger partial charge is 0.181 e. The molecule has 7 nitrogen and oxygen atoms in total. The van der Waals surface area contributed by atoms with Gasteiger partial charge in [-0.15, -0.1) is 0 Å². The number of hydrogen-bond donors (Lipinski definition) is 0. The lowest BCUT2D eigenvalue weighted by atomic mass is 10.2. The molecule has 0 aliphatic heterocycles. The van der Waals surface area contributed by atoms with E-state index >= 15 is 0 Å². The fraction of sp³-hybridized carbons (Fsp3) is 0.0952. The number of pyridine rings is 2. The Balaban J connectivity index is 1.78. The van der Waals surface area contributed by atoms with Crippen LogP contribution >= 0.6 is 0 Å². The molecule has 1 aromatic carbocycles. The fourth-order valence-electron chi connectivity index (χ4n) is 2.82. The van der Waals surface area contributed by atoms with Crippen LogP contribution in [0.4, 0.5) is 0 Å². The van der Waals surface area contributed by atoms with E-state index in [1.54, 1.807) is 31.8 Å². The molecule has 4 aromatic rings. The summed E-state index contributed by atoms with van der Waals surface area (Å²) < 4.78 is 7.05. The van der Waals surface area contributed by atoms with Gasteiger partial charge in [0.05, 0.1) is 13.7 Å². The van der Waals surface area contributed by atoms with Crippen LogP contribution in [0, 0.1) is 11.3 Å². The van der Waals surface area contributed by atoms with Crippen molar-refractivity contribution in [1.82, 2.24) is 24.7 Å². The molecule has 3 heterocycles. The minimum Gasteiger partial charge on any atom is -0.497 e. The average molecular weight is 368 g/mol. The minimum atomic E-state index is 0.335. The first-order chi connectivity index (χ1) is 13.8. The maximum Gasteiger partial charge on any atom is 0.181 e. The Morgan fingerprint density at radius 3 is 2.46 bits per heavy atom. The Bertz CT molecular complexity index is 1130. The number of aromatic nitrogens is 5. The summed E-state index contributed by atoms with van der Waals surface area (Å²) in [5.41, 5.74) is 3.05. The molecule has 0 saturated carbocycles. The Morgan fingerprint density at radius 1 is 1.00 bits per heavy atom. The van der Waals surface area contributed by atoms with Gasteiger partial charge in [0.1, 0.15) is 17.5 Å². The van der Waals surface area contributed by atoms with Gasteiger partial charge in [0, 0.05) is 29.7 Å². The molecule has 7 heteroatoms. The number of hydrogen-bond acceptors (Lipinski definition) is 6. The highest BCUT2D eigenvalue weighted by molar-refractivity contribution is 5.62. The van der Waals surface area contributed by atoms with Crippen molar-refractivity contribution in [2.24, 2.45) is 0 Å². The van der Waals surface area contributed by atoms with E-state index in [0.29, 0.717) is 23.9 Å². The lowest BCUT2D eigenvalue weighted by molar-refractivity contribution is 0.414. The summed E-state index contributed by atoms with van der Waals surface area (Å²) in [5.74, 6) is 2.07. The van der Waals surface area contributed by atoms with Crippen molar-refractivity contribution in [3.8, 4) is 34.6 Å². The molecule has 0 saturated heterocycles. The first-order valence-electron chi connectivity index (χ1n) is 8.61. The first-order valence-corrected chi connectivity index (χ1v) is 8.61. The zero-order valence-electron chi connectivity index (χ0n) is 15.1. The van der Waals surface area contributed by atoms with Crippen LogP contribution in [0.25, 0.3) is 22.8 Å². The predicted molar refractivity (Wildman–Crippen MR) is 103 cm³/mol. The molecule has 0 bridgehead atoms. The molecular weight excluding hydrogens is 352 g/mol. The predicted octanol–water partition coefficient (Wildman–Crippen LogP) is 3.33. The third kappa shape index (κ3) is 3.57. The molecule has 0 spiro atoms. The zero-order chi connectivity index (χ0) is 19.3. The van der Waals surface area contributed by atoms with E-state index in [-0.39, 0.29) is 0 Å². The highest BCUT2D eigenvalue weighted by atomic mass is 16.5. The molecule has 136 valence electrons. The van der Waals surface area contributed by atoms with Crippen LogP contribution in [-0.4, -0.2) is 31.8 Å². The molecule has 4 rings (SSSR count). The second-order valence-corrected chi connectivity index (χ2v) is 6.04. The van der Waals surface area contributed by atoms with Crippen LogP contribution in [0.15, 0.2) is 67.1 Å². The summed E-state index contributed by atoms with van der Waals surface area (Å²) in [6.45, 7) is 0.529. The van der Waals surface area contributed by atoms with Crippen molar-refractivity contribution in [3.63, 3.8) is 0 Å². The molecule has 3 aromatic heterocycles. The van der Waals surface area contributed by atoms with Crippen LogP contribution in [0.3, 0.4) is 0 Å². The van der Waals surface area contributed by atoms with E-state index in [1.165, 1.54) is 0 Å². The number of rotatable bonds is 5. The van der Waals surface area contributed by atoms with E-state index in [0.717, 1.165) is 22.4 Å².